The van der Waals surface area contributed by atoms with Crippen LogP contribution in [0.15, 0.2) is 23.7 Å². The van der Waals surface area contributed by atoms with Crippen LogP contribution in [0.25, 0.3) is 6.58 Å². The molecule has 2 aliphatic carbocycles. The molecule has 3 fully saturated rings. The molecule has 0 spiro atoms. The number of fused-ring (bicyclic) bond motifs is 4. The van der Waals surface area contributed by atoms with Gasteiger partial charge >= 0.3 is 13.4 Å². The van der Waals surface area contributed by atoms with Crippen LogP contribution < -0.4 is 31.9 Å². The highest BCUT2D eigenvalue weighted by atomic mass is 32.5. The number of nitrogens with zero attached hydrogens (tertiary/aromatic N) is 7. The van der Waals surface area contributed by atoms with E-state index >= 15 is 4.39 Å². The molecule has 2 bridgehead atoms. The summed E-state index contributed by atoms with van der Waals surface area (Å²) in [6.45, 7) is -0.313. The molecule has 50 heavy (non-hydrogen) atoms. The predicted molar refractivity (Wildman–Crippen MR) is 185 cm³/mol. The Morgan fingerprint density at radius 2 is 2.10 bits per heavy atom. The molecule has 6 rings (SSSR count). The molecule has 1 saturated heterocycles. The molecular formula is C28H37FN10O7P2S2. The van der Waals surface area contributed by atoms with Crippen molar-refractivity contribution in [1.29, 1.82) is 5.26 Å². The third kappa shape index (κ3) is 8.45. The van der Waals surface area contributed by atoms with Gasteiger partial charge in [0.05, 0.1) is 55.8 Å². The fourth-order valence-corrected chi connectivity index (χ4v) is 9.91. The van der Waals surface area contributed by atoms with Crippen molar-refractivity contribution >= 4 is 67.1 Å². The smallest absolute Gasteiger partial charge is 0.327 e. The first-order valence-corrected chi connectivity index (χ1v) is 21.1. The molecule has 0 radical (unpaired) electrons. The number of alkyl halides is 1. The molecule has 4 N–H and O–H groups in total. The van der Waals surface area contributed by atoms with Crippen molar-refractivity contribution in [2.45, 2.75) is 70.0 Å². The number of carbonyl (C=O) groups is 1. The second kappa shape index (κ2) is 15.4. The zero-order valence-electron chi connectivity index (χ0n) is 27.1. The Balaban J connectivity index is 1.28. The number of rotatable bonds is 8. The third-order valence-corrected chi connectivity index (χ3v) is 12.6. The van der Waals surface area contributed by atoms with Gasteiger partial charge < -0.3 is 32.8 Å². The summed E-state index contributed by atoms with van der Waals surface area (Å²) in [6, 6.07) is 2.36. The first-order valence-electron chi connectivity index (χ1n) is 15.9. The quantitative estimate of drug-likeness (QED) is 0.223. The molecule has 17 nitrogen and oxygen atoms in total. The second-order valence-corrected chi connectivity index (χ2v) is 18.3. The van der Waals surface area contributed by atoms with Crippen LogP contribution in [0, 0.1) is 29.1 Å². The zero-order chi connectivity index (χ0) is 35.6. The SMILES string of the molecule is C=c1nc(NC(=O)C(C)C)nc2c1=NNN2[C@@H]1CC2COP(O)(=S)O[C@@H]3[C@@H](COP(=S)(OCCC#N)O[C@@H]1C2)C[C@@H](Nc1ccncn1)[C@@H]3F. The number of carbonyl (C=O) groups excluding carboxylic acids is 1. The van der Waals surface area contributed by atoms with Crippen LogP contribution >= 0.6 is 13.4 Å². The highest BCUT2D eigenvalue weighted by Gasteiger charge is 2.50. The lowest BCUT2D eigenvalue weighted by Gasteiger charge is -2.33. The lowest BCUT2D eigenvalue weighted by Crippen LogP contribution is -2.47. The Morgan fingerprint density at radius 1 is 1.28 bits per heavy atom. The fourth-order valence-electron chi connectivity index (χ4n) is 6.19. The van der Waals surface area contributed by atoms with Gasteiger partial charge in [-0.25, -0.2) is 29.9 Å². The minimum absolute atomic E-state index is 0.0298. The van der Waals surface area contributed by atoms with Gasteiger partial charge in [-0.3, -0.25) is 10.1 Å². The van der Waals surface area contributed by atoms with Crippen molar-refractivity contribution < 1.29 is 36.7 Å². The first-order chi connectivity index (χ1) is 23.8. The van der Waals surface area contributed by atoms with Gasteiger partial charge in [-0.2, -0.15) is 15.3 Å². The van der Waals surface area contributed by atoms with Gasteiger partial charge in [-0.05, 0) is 54.9 Å². The van der Waals surface area contributed by atoms with Crippen LogP contribution in [0.4, 0.5) is 22.0 Å². The molecule has 4 heterocycles. The number of hydrazine groups is 1. The minimum atomic E-state index is -3.95. The minimum Gasteiger partial charge on any atom is -0.364 e. The lowest BCUT2D eigenvalue weighted by molar-refractivity contribution is -0.118. The van der Waals surface area contributed by atoms with Crippen molar-refractivity contribution in [2.75, 3.05) is 35.5 Å². The lowest BCUT2D eigenvalue weighted by atomic mass is 10.1. The molecule has 1 amide bonds. The van der Waals surface area contributed by atoms with Crippen LogP contribution in [0.5, 0.6) is 0 Å². The van der Waals surface area contributed by atoms with E-state index in [-0.39, 0.29) is 61.7 Å². The highest BCUT2D eigenvalue weighted by Crippen LogP contribution is 2.57. The first kappa shape index (κ1) is 37.0. The normalized spacial score (nSPS) is 33.8. The van der Waals surface area contributed by atoms with E-state index < -0.39 is 49.8 Å². The molecule has 3 unspecified atom stereocenters. The Bertz CT molecular complexity index is 1830. The van der Waals surface area contributed by atoms with Crippen molar-refractivity contribution in [3.63, 3.8) is 0 Å². The predicted octanol–water partition coefficient (Wildman–Crippen LogP) is 1.94. The van der Waals surface area contributed by atoms with Gasteiger partial charge in [0.15, 0.2) is 11.2 Å². The highest BCUT2D eigenvalue weighted by molar-refractivity contribution is 8.07. The van der Waals surface area contributed by atoms with Gasteiger partial charge in [0.25, 0.3) is 0 Å². The molecule has 4 aliphatic rings. The number of hydrogen-bond donors (Lipinski definition) is 4. The summed E-state index contributed by atoms with van der Waals surface area (Å²) in [7, 11) is 0. The number of nitriles is 1. The van der Waals surface area contributed by atoms with Crippen LogP contribution in [0.3, 0.4) is 0 Å². The summed E-state index contributed by atoms with van der Waals surface area (Å²) in [5.74, 6) is -0.669. The Kier molecular flexibility index (Phi) is 11.4. The third-order valence-electron chi connectivity index (χ3n) is 8.63. The molecule has 9 atom stereocenters. The standard InChI is InChI=1S/C28H37FN10O7P2S2/c1-15(2)27(40)36-28-33-16(3)24-26(35-28)39(38-37-24)20-9-17-10-21(20)45-48(50,42-8-4-6-30)44-13-18-11-19(34-22-5-7-31-14-32-22)23(29)25(18)46-47(41,49)43-12-17/h5,7,14-15,17-21,23,25,38H,3-4,8-13H2,1-2H3,(H,41,49)(H,31,32,34)(H,33,36,40)/t17?,18-,19-,20-,21-,23+,25-,47?,48?/m1/s1. The molecule has 2 saturated carbocycles. The Hall–Kier alpha value is -2.82. The number of anilines is 3. The second-order valence-electron chi connectivity index (χ2n) is 12.5. The van der Waals surface area contributed by atoms with E-state index in [4.69, 9.17) is 46.2 Å². The summed E-state index contributed by atoms with van der Waals surface area (Å²) in [5, 5.41) is 21.7. The van der Waals surface area contributed by atoms with Crippen LogP contribution in [0.1, 0.15) is 39.5 Å². The number of halogens is 1. The van der Waals surface area contributed by atoms with E-state index in [9.17, 15) is 14.9 Å². The van der Waals surface area contributed by atoms with E-state index in [2.05, 4.69) is 47.8 Å². The van der Waals surface area contributed by atoms with Crippen LogP contribution in [0.2, 0.25) is 0 Å². The molecule has 2 aromatic heterocycles. The maximum Gasteiger partial charge on any atom is 0.327 e. The van der Waals surface area contributed by atoms with Crippen LogP contribution in [-0.4, -0.2) is 81.0 Å². The summed E-state index contributed by atoms with van der Waals surface area (Å²) in [5.41, 5.74) is 2.97. The van der Waals surface area contributed by atoms with Gasteiger partial charge in [0, 0.05) is 18.0 Å². The molecular weight excluding hydrogens is 733 g/mol. The van der Waals surface area contributed by atoms with Crippen molar-refractivity contribution in [3.05, 3.63) is 29.3 Å². The summed E-state index contributed by atoms with van der Waals surface area (Å²) in [6.07, 6.45) is 0.371. The van der Waals surface area contributed by atoms with E-state index in [0.29, 0.717) is 29.8 Å². The van der Waals surface area contributed by atoms with E-state index in [0.717, 1.165) is 0 Å². The van der Waals surface area contributed by atoms with E-state index in [1.54, 1.807) is 24.9 Å². The average molecular weight is 771 g/mol. The zero-order valence-corrected chi connectivity index (χ0v) is 30.5. The number of aromatic nitrogens is 4. The Labute approximate surface area is 297 Å². The van der Waals surface area contributed by atoms with Gasteiger partial charge in [-0.1, -0.05) is 20.4 Å². The van der Waals surface area contributed by atoms with Gasteiger partial charge in [0.2, 0.25) is 11.9 Å². The summed E-state index contributed by atoms with van der Waals surface area (Å²) >= 11 is 11.3. The molecule has 22 heteroatoms. The summed E-state index contributed by atoms with van der Waals surface area (Å²) in [4.78, 5) is 40.5. The number of nitrogens with one attached hydrogen (secondary N) is 3. The van der Waals surface area contributed by atoms with Gasteiger partial charge in [0.1, 0.15) is 24.4 Å². The maximum absolute atomic E-state index is 16.0. The van der Waals surface area contributed by atoms with Crippen molar-refractivity contribution in [3.8, 4) is 6.07 Å². The number of amides is 1. The monoisotopic (exact) mass is 770 g/mol. The number of hydrogen-bond acceptors (Lipinski definition) is 17. The van der Waals surface area contributed by atoms with Crippen LogP contribution in [-0.2, 0) is 51.0 Å². The Morgan fingerprint density at radius 3 is 2.84 bits per heavy atom. The van der Waals surface area contributed by atoms with E-state index in [1.807, 2.05) is 6.07 Å². The van der Waals surface area contributed by atoms with Gasteiger partial charge in [-0.15, -0.1) is 0 Å². The molecule has 2 aromatic rings. The molecule has 2 aliphatic heterocycles. The molecule has 0 aromatic carbocycles. The maximum atomic E-state index is 16.0. The topological polar surface area (TPSA) is 210 Å². The molecule has 270 valence electrons. The fraction of sp³-hybridized carbons (Fsp3) is 0.607. The summed E-state index contributed by atoms with van der Waals surface area (Å²) < 4.78 is 46.5. The van der Waals surface area contributed by atoms with Crippen molar-refractivity contribution in [2.24, 2.45) is 22.9 Å². The van der Waals surface area contributed by atoms with E-state index in [1.165, 1.54) is 12.5 Å². The average Bonchev–Trinajstić information content (AvgIpc) is 3.75. The van der Waals surface area contributed by atoms with Crippen molar-refractivity contribution in [1.82, 2.24) is 25.5 Å². The largest absolute Gasteiger partial charge is 0.364 e.